The predicted molar refractivity (Wildman–Crippen MR) is 115 cm³/mol. The standard InChI is InChI=1S/C22H22N6O4/c1-2-8-31-16-9-15(21(29)27-19-13-23-4-5-24-19)10-17(11-16)32-20-14-25-18(12-26-20)22(30)28-6-3-7-28/h4-5,9-14H,2-3,6-8H2,1H3,(H,24,27,29). The van der Waals surface area contributed by atoms with Gasteiger partial charge in [0, 0.05) is 37.1 Å². The van der Waals surface area contributed by atoms with Crippen molar-refractivity contribution >= 4 is 17.6 Å². The van der Waals surface area contributed by atoms with Crippen molar-refractivity contribution in [1.29, 1.82) is 0 Å². The minimum Gasteiger partial charge on any atom is -0.493 e. The Morgan fingerprint density at radius 1 is 1.03 bits per heavy atom. The topological polar surface area (TPSA) is 119 Å². The van der Waals surface area contributed by atoms with E-state index in [2.05, 4.69) is 25.3 Å². The summed E-state index contributed by atoms with van der Waals surface area (Å²) in [5.74, 6) is 0.809. The van der Waals surface area contributed by atoms with Crippen molar-refractivity contribution < 1.29 is 19.1 Å². The summed E-state index contributed by atoms with van der Waals surface area (Å²) >= 11 is 0. The SMILES string of the molecule is CCCOc1cc(Oc2cnc(C(=O)N3CCC3)cn2)cc(C(=O)Nc2cnccn2)c1. The first kappa shape index (κ1) is 21.2. The zero-order chi connectivity index (χ0) is 22.3. The van der Waals surface area contributed by atoms with Crippen molar-refractivity contribution in [2.75, 3.05) is 25.0 Å². The molecule has 0 aliphatic carbocycles. The summed E-state index contributed by atoms with van der Waals surface area (Å²) in [5.41, 5.74) is 0.581. The quantitative estimate of drug-likeness (QED) is 0.575. The Balaban J connectivity index is 1.52. The normalized spacial score (nSPS) is 12.6. The molecule has 32 heavy (non-hydrogen) atoms. The molecule has 0 unspecified atom stereocenters. The van der Waals surface area contributed by atoms with Gasteiger partial charge in [0.1, 0.15) is 17.2 Å². The lowest BCUT2D eigenvalue weighted by Crippen LogP contribution is -2.42. The molecule has 10 heteroatoms. The van der Waals surface area contributed by atoms with Crippen LogP contribution in [0.15, 0.2) is 49.2 Å². The number of amides is 2. The van der Waals surface area contributed by atoms with Crippen molar-refractivity contribution in [3.8, 4) is 17.4 Å². The number of carbonyl (C=O) groups is 2. The maximum absolute atomic E-state index is 12.7. The lowest BCUT2D eigenvalue weighted by molar-refractivity contribution is 0.0645. The third kappa shape index (κ3) is 5.15. The first-order valence-corrected chi connectivity index (χ1v) is 10.3. The fourth-order valence-corrected chi connectivity index (χ4v) is 2.90. The van der Waals surface area contributed by atoms with Crippen molar-refractivity contribution in [2.24, 2.45) is 0 Å². The monoisotopic (exact) mass is 434 g/mol. The van der Waals surface area contributed by atoms with Crippen molar-refractivity contribution in [1.82, 2.24) is 24.8 Å². The lowest BCUT2D eigenvalue weighted by Gasteiger charge is -2.30. The Morgan fingerprint density at radius 2 is 1.88 bits per heavy atom. The number of carbonyl (C=O) groups excluding carboxylic acids is 2. The number of anilines is 1. The number of ether oxygens (including phenoxy) is 2. The minimum atomic E-state index is -0.390. The van der Waals surface area contributed by atoms with Crippen LogP contribution in [0, 0.1) is 0 Å². The number of likely N-dealkylation sites (tertiary alicyclic amines) is 1. The Kier molecular flexibility index (Phi) is 6.49. The molecule has 1 fully saturated rings. The molecule has 1 aliphatic heterocycles. The molecule has 4 rings (SSSR count). The highest BCUT2D eigenvalue weighted by atomic mass is 16.5. The van der Waals surface area contributed by atoms with Gasteiger partial charge >= 0.3 is 0 Å². The molecule has 2 aromatic heterocycles. The van der Waals surface area contributed by atoms with E-state index in [1.54, 1.807) is 23.1 Å². The van der Waals surface area contributed by atoms with Crippen LogP contribution in [0.2, 0.25) is 0 Å². The Labute approximate surface area is 184 Å². The third-order valence-electron chi connectivity index (χ3n) is 4.63. The van der Waals surface area contributed by atoms with Gasteiger partial charge < -0.3 is 19.7 Å². The minimum absolute atomic E-state index is 0.145. The molecule has 1 aliphatic rings. The maximum Gasteiger partial charge on any atom is 0.274 e. The molecule has 3 aromatic rings. The number of hydrogen-bond donors (Lipinski definition) is 1. The molecule has 1 aromatic carbocycles. The first-order valence-electron chi connectivity index (χ1n) is 10.3. The number of nitrogens with one attached hydrogen (secondary N) is 1. The van der Waals surface area contributed by atoms with Crippen LogP contribution >= 0.6 is 0 Å². The van der Waals surface area contributed by atoms with E-state index in [0.29, 0.717) is 29.5 Å². The highest BCUT2D eigenvalue weighted by Gasteiger charge is 2.23. The molecule has 0 bridgehead atoms. The van der Waals surface area contributed by atoms with Crippen LogP contribution in [0.25, 0.3) is 0 Å². The van der Waals surface area contributed by atoms with E-state index in [1.807, 2.05) is 6.92 Å². The van der Waals surface area contributed by atoms with Gasteiger partial charge in [0.25, 0.3) is 11.8 Å². The molecular weight excluding hydrogens is 412 g/mol. The van der Waals surface area contributed by atoms with Gasteiger partial charge in [0.05, 0.1) is 25.2 Å². The first-order chi connectivity index (χ1) is 15.6. The maximum atomic E-state index is 12.7. The van der Waals surface area contributed by atoms with E-state index in [9.17, 15) is 9.59 Å². The van der Waals surface area contributed by atoms with Crippen LogP contribution in [0.4, 0.5) is 5.82 Å². The van der Waals surface area contributed by atoms with Gasteiger partial charge in [-0.1, -0.05) is 6.92 Å². The van der Waals surface area contributed by atoms with Crippen LogP contribution in [-0.4, -0.2) is 56.3 Å². The molecule has 164 valence electrons. The highest BCUT2D eigenvalue weighted by Crippen LogP contribution is 2.27. The molecule has 0 radical (unpaired) electrons. The summed E-state index contributed by atoms with van der Waals surface area (Å²) in [4.78, 5) is 43.0. The number of rotatable bonds is 8. The van der Waals surface area contributed by atoms with E-state index in [0.717, 1.165) is 25.9 Å². The Morgan fingerprint density at radius 3 is 2.53 bits per heavy atom. The fourth-order valence-electron chi connectivity index (χ4n) is 2.90. The molecule has 3 heterocycles. The second kappa shape index (κ2) is 9.82. The lowest BCUT2D eigenvalue weighted by atomic mass is 10.2. The summed E-state index contributed by atoms with van der Waals surface area (Å²) in [5, 5.41) is 2.68. The van der Waals surface area contributed by atoms with Gasteiger partial charge in [-0.15, -0.1) is 0 Å². The summed E-state index contributed by atoms with van der Waals surface area (Å²) in [6.07, 6.45) is 9.03. The zero-order valence-electron chi connectivity index (χ0n) is 17.5. The second-order valence-corrected chi connectivity index (χ2v) is 7.07. The van der Waals surface area contributed by atoms with Crippen LogP contribution in [0.3, 0.4) is 0 Å². The summed E-state index contributed by atoms with van der Waals surface area (Å²) in [6, 6.07) is 4.84. The van der Waals surface area contributed by atoms with Gasteiger partial charge in [-0.25, -0.2) is 15.0 Å². The van der Waals surface area contributed by atoms with Crippen molar-refractivity contribution in [3.63, 3.8) is 0 Å². The van der Waals surface area contributed by atoms with Crippen molar-refractivity contribution in [2.45, 2.75) is 19.8 Å². The average Bonchev–Trinajstić information content (AvgIpc) is 2.77. The molecule has 0 saturated carbocycles. The van der Waals surface area contributed by atoms with E-state index in [1.165, 1.54) is 31.0 Å². The fraction of sp³-hybridized carbons (Fsp3) is 0.273. The molecule has 0 atom stereocenters. The van der Waals surface area contributed by atoms with E-state index in [-0.39, 0.29) is 23.4 Å². The van der Waals surface area contributed by atoms with Crippen molar-refractivity contribution in [3.05, 3.63) is 60.4 Å². The summed E-state index contributed by atoms with van der Waals surface area (Å²) < 4.78 is 11.5. The molecule has 1 N–H and O–H groups in total. The average molecular weight is 434 g/mol. The zero-order valence-corrected chi connectivity index (χ0v) is 17.5. The molecule has 2 amide bonds. The third-order valence-corrected chi connectivity index (χ3v) is 4.63. The van der Waals surface area contributed by atoms with Gasteiger partial charge in [0.15, 0.2) is 5.82 Å². The van der Waals surface area contributed by atoms with Gasteiger partial charge in [-0.05, 0) is 25.0 Å². The number of benzene rings is 1. The van der Waals surface area contributed by atoms with E-state index >= 15 is 0 Å². The molecular formula is C22H22N6O4. The number of hydrogen-bond acceptors (Lipinski definition) is 8. The van der Waals surface area contributed by atoms with E-state index < -0.39 is 0 Å². The van der Waals surface area contributed by atoms with Gasteiger partial charge in [-0.2, -0.15) is 0 Å². The molecule has 0 spiro atoms. The van der Waals surface area contributed by atoms with Crippen LogP contribution in [-0.2, 0) is 0 Å². The summed E-state index contributed by atoms with van der Waals surface area (Å²) in [6.45, 7) is 3.95. The Hall–Kier alpha value is -4.08. The predicted octanol–water partition coefficient (Wildman–Crippen LogP) is 2.95. The van der Waals surface area contributed by atoms with Gasteiger partial charge in [-0.3, -0.25) is 14.6 Å². The smallest absolute Gasteiger partial charge is 0.274 e. The van der Waals surface area contributed by atoms with Crippen LogP contribution in [0.1, 0.15) is 40.6 Å². The van der Waals surface area contributed by atoms with E-state index in [4.69, 9.17) is 9.47 Å². The number of nitrogens with zero attached hydrogens (tertiary/aromatic N) is 5. The number of aromatic nitrogens is 4. The highest BCUT2D eigenvalue weighted by molar-refractivity contribution is 6.04. The summed E-state index contributed by atoms with van der Waals surface area (Å²) in [7, 11) is 0. The molecule has 1 saturated heterocycles. The Bertz CT molecular complexity index is 1090. The largest absolute Gasteiger partial charge is 0.493 e. The van der Waals surface area contributed by atoms with Gasteiger partial charge in [0.2, 0.25) is 5.88 Å². The molecule has 10 nitrogen and oxygen atoms in total. The second-order valence-electron chi connectivity index (χ2n) is 7.07. The van der Waals surface area contributed by atoms with Crippen LogP contribution in [0.5, 0.6) is 17.4 Å². The van der Waals surface area contributed by atoms with Crippen LogP contribution < -0.4 is 14.8 Å².